The number of carbonyl (C=O) groups is 1. The molecule has 0 spiro atoms. The number of hydrogen-bond donors (Lipinski definition) is 2. The molecule has 0 aliphatic carbocycles. The molecule has 1 amide bonds. The molecular weight excluding hydrogens is 238 g/mol. The maximum absolute atomic E-state index is 11.9. The Hall–Kier alpha value is -1.39. The Morgan fingerprint density at radius 3 is 2.42 bits per heavy atom. The van der Waals surface area contributed by atoms with Gasteiger partial charge in [-0.25, -0.2) is 0 Å². The highest BCUT2D eigenvalue weighted by atomic mass is 16.1. The fourth-order valence-electron chi connectivity index (χ4n) is 2.06. The molecule has 0 aromatic heterocycles. The fourth-order valence-corrected chi connectivity index (χ4v) is 2.06. The number of benzene rings is 1. The summed E-state index contributed by atoms with van der Waals surface area (Å²) in [5, 5.41) is 2.96. The maximum Gasteiger partial charge on any atom is 0.224 e. The van der Waals surface area contributed by atoms with Gasteiger partial charge in [0.15, 0.2) is 0 Å². The van der Waals surface area contributed by atoms with E-state index in [4.69, 9.17) is 5.73 Å². The van der Waals surface area contributed by atoms with Crippen LogP contribution in [0.25, 0.3) is 0 Å². The van der Waals surface area contributed by atoms with Gasteiger partial charge >= 0.3 is 0 Å². The van der Waals surface area contributed by atoms with Gasteiger partial charge in [-0.3, -0.25) is 4.79 Å². The van der Waals surface area contributed by atoms with Crippen LogP contribution in [0.5, 0.6) is 0 Å². The minimum atomic E-state index is 0.0630. The molecule has 0 radical (unpaired) electrons. The van der Waals surface area contributed by atoms with Crippen LogP contribution in [-0.2, 0) is 17.8 Å². The number of nitrogens with zero attached hydrogens (tertiary/aromatic N) is 1. The van der Waals surface area contributed by atoms with Gasteiger partial charge in [0, 0.05) is 19.6 Å². The van der Waals surface area contributed by atoms with E-state index in [-0.39, 0.29) is 5.91 Å². The molecule has 0 aliphatic heterocycles. The van der Waals surface area contributed by atoms with Gasteiger partial charge in [0.25, 0.3) is 0 Å². The molecule has 1 aromatic rings. The zero-order valence-electron chi connectivity index (χ0n) is 12.0. The Labute approximate surface area is 116 Å². The van der Waals surface area contributed by atoms with Gasteiger partial charge in [-0.2, -0.15) is 0 Å². The average Bonchev–Trinajstić information content (AvgIpc) is 2.44. The lowest BCUT2D eigenvalue weighted by molar-refractivity contribution is -0.120. The molecule has 1 rings (SSSR count). The number of nitrogens with one attached hydrogen (secondary N) is 1. The van der Waals surface area contributed by atoms with Crippen molar-refractivity contribution in [1.29, 1.82) is 0 Å². The van der Waals surface area contributed by atoms with Gasteiger partial charge in [-0.1, -0.05) is 38.1 Å². The van der Waals surface area contributed by atoms with Crippen molar-refractivity contribution in [3.8, 4) is 0 Å². The van der Waals surface area contributed by atoms with Gasteiger partial charge < -0.3 is 16.0 Å². The third-order valence-corrected chi connectivity index (χ3v) is 3.33. The Kier molecular flexibility index (Phi) is 7.15. The van der Waals surface area contributed by atoms with E-state index in [0.29, 0.717) is 19.5 Å². The van der Waals surface area contributed by atoms with Crippen molar-refractivity contribution < 1.29 is 4.79 Å². The van der Waals surface area contributed by atoms with Crippen LogP contribution in [0.3, 0.4) is 0 Å². The molecule has 4 heteroatoms. The van der Waals surface area contributed by atoms with Crippen LogP contribution >= 0.6 is 0 Å². The van der Waals surface area contributed by atoms with Crippen molar-refractivity contribution in [2.24, 2.45) is 5.73 Å². The number of hydrogen-bond acceptors (Lipinski definition) is 3. The second kappa shape index (κ2) is 8.67. The fraction of sp³-hybridized carbons (Fsp3) is 0.533. The molecule has 4 nitrogen and oxygen atoms in total. The van der Waals surface area contributed by atoms with Crippen molar-refractivity contribution in [2.45, 2.75) is 26.8 Å². The number of amides is 1. The first-order valence-electron chi connectivity index (χ1n) is 6.97. The minimum absolute atomic E-state index is 0.0630. The van der Waals surface area contributed by atoms with Crippen molar-refractivity contribution in [1.82, 2.24) is 10.2 Å². The molecule has 0 bridgehead atoms. The van der Waals surface area contributed by atoms with E-state index in [9.17, 15) is 4.79 Å². The van der Waals surface area contributed by atoms with Crippen molar-refractivity contribution in [2.75, 3.05) is 26.2 Å². The summed E-state index contributed by atoms with van der Waals surface area (Å²) < 4.78 is 0. The van der Waals surface area contributed by atoms with Crippen LogP contribution in [-0.4, -0.2) is 37.0 Å². The molecular formula is C15H25N3O. The van der Waals surface area contributed by atoms with Gasteiger partial charge in [0.05, 0.1) is 6.42 Å². The molecule has 0 unspecified atom stereocenters. The second-order valence-electron chi connectivity index (χ2n) is 4.53. The summed E-state index contributed by atoms with van der Waals surface area (Å²) in [4.78, 5) is 14.2. The normalized spacial score (nSPS) is 10.7. The SMILES string of the molecule is CCN(CC)CCNC(=O)Cc1ccccc1CN. The molecule has 0 fully saturated rings. The molecule has 0 saturated carbocycles. The largest absolute Gasteiger partial charge is 0.355 e. The van der Waals surface area contributed by atoms with E-state index in [1.54, 1.807) is 0 Å². The summed E-state index contributed by atoms with van der Waals surface area (Å²) in [7, 11) is 0. The Bertz CT molecular complexity index is 389. The smallest absolute Gasteiger partial charge is 0.224 e. The van der Waals surface area contributed by atoms with Gasteiger partial charge in [0.1, 0.15) is 0 Å². The third-order valence-electron chi connectivity index (χ3n) is 3.33. The standard InChI is InChI=1S/C15H25N3O/c1-3-18(4-2)10-9-17-15(19)11-13-7-5-6-8-14(13)12-16/h5-8H,3-4,9-12,16H2,1-2H3,(H,17,19). The summed E-state index contributed by atoms with van der Waals surface area (Å²) in [5.74, 6) is 0.0630. The number of carbonyl (C=O) groups excluding carboxylic acids is 1. The molecule has 19 heavy (non-hydrogen) atoms. The monoisotopic (exact) mass is 263 g/mol. The van der Waals surface area contributed by atoms with Crippen LogP contribution in [0.2, 0.25) is 0 Å². The lowest BCUT2D eigenvalue weighted by Crippen LogP contribution is -2.35. The highest BCUT2D eigenvalue weighted by Gasteiger charge is 2.07. The van der Waals surface area contributed by atoms with Crippen molar-refractivity contribution in [3.63, 3.8) is 0 Å². The Morgan fingerprint density at radius 2 is 1.84 bits per heavy atom. The van der Waals surface area contributed by atoms with Gasteiger partial charge in [0.2, 0.25) is 5.91 Å². The van der Waals surface area contributed by atoms with E-state index in [2.05, 4.69) is 24.1 Å². The van der Waals surface area contributed by atoms with Crippen LogP contribution in [0.1, 0.15) is 25.0 Å². The van der Waals surface area contributed by atoms with Crippen LogP contribution in [0, 0.1) is 0 Å². The lowest BCUT2D eigenvalue weighted by atomic mass is 10.0. The summed E-state index contributed by atoms with van der Waals surface area (Å²) in [6.45, 7) is 8.36. The molecule has 0 saturated heterocycles. The first-order chi connectivity index (χ1) is 9.21. The van der Waals surface area contributed by atoms with Crippen LogP contribution in [0.15, 0.2) is 24.3 Å². The highest BCUT2D eigenvalue weighted by Crippen LogP contribution is 2.08. The van der Waals surface area contributed by atoms with Crippen molar-refractivity contribution in [3.05, 3.63) is 35.4 Å². The molecule has 0 atom stereocenters. The molecule has 1 aromatic carbocycles. The zero-order valence-corrected chi connectivity index (χ0v) is 12.0. The van der Waals surface area contributed by atoms with Crippen LogP contribution in [0.4, 0.5) is 0 Å². The predicted molar refractivity (Wildman–Crippen MR) is 78.8 cm³/mol. The van der Waals surface area contributed by atoms with E-state index in [1.807, 2.05) is 24.3 Å². The summed E-state index contributed by atoms with van der Waals surface area (Å²) in [6, 6.07) is 7.83. The number of likely N-dealkylation sites (N-methyl/N-ethyl adjacent to an activating group) is 1. The third kappa shape index (κ3) is 5.41. The summed E-state index contributed by atoms with van der Waals surface area (Å²) >= 11 is 0. The average molecular weight is 263 g/mol. The topological polar surface area (TPSA) is 58.4 Å². The Morgan fingerprint density at radius 1 is 1.21 bits per heavy atom. The number of nitrogens with two attached hydrogens (primary N) is 1. The lowest BCUT2D eigenvalue weighted by Gasteiger charge is -2.18. The first-order valence-corrected chi connectivity index (χ1v) is 6.97. The van der Waals surface area contributed by atoms with Gasteiger partial charge in [-0.15, -0.1) is 0 Å². The quantitative estimate of drug-likeness (QED) is 0.739. The Balaban J connectivity index is 2.39. The minimum Gasteiger partial charge on any atom is -0.355 e. The maximum atomic E-state index is 11.9. The van der Waals surface area contributed by atoms with E-state index < -0.39 is 0 Å². The summed E-state index contributed by atoms with van der Waals surface area (Å²) in [5.41, 5.74) is 7.73. The van der Waals surface area contributed by atoms with E-state index in [1.165, 1.54) is 0 Å². The first kappa shape index (κ1) is 15.7. The predicted octanol–water partition coefficient (Wildman–Crippen LogP) is 1.15. The zero-order chi connectivity index (χ0) is 14.1. The summed E-state index contributed by atoms with van der Waals surface area (Å²) in [6.07, 6.45) is 0.408. The molecule has 0 heterocycles. The highest BCUT2D eigenvalue weighted by molar-refractivity contribution is 5.78. The van der Waals surface area contributed by atoms with E-state index >= 15 is 0 Å². The van der Waals surface area contributed by atoms with Crippen molar-refractivity contribution >= 4 is 5.91 Å². The molecule has 106 valence electrons. The number of rotatable bonds is 8. The van der Waals surface area contributed by atoms with E-state index in [0.717, 1.165) is 30.8 Å². The second-order valence-corrected chi connectivity index (χ2v) is 4.53. The van der Waals surface area contributed by atoms with Crippen LogP contribution < -0.4 is 11.1 Å². The molecule has 0 aliphatic rings. The van der Waals surface area contributed by atoms with Gasteiger partial charge in [-0.05, 0) is 24.2 Å². The molecule has 3 N–H and O–H groups in total.